The molecular formula is C25H22N6. The van der Waals surface area contributed by atoms with E-state index in [0.29, 0.717) is 5.95 Å². The number of benzene rings is 1. The van der Waals surface area contributed by atoms with Crippen LogP contribution in [-0.2, 0) is 0 Å². The topological polar surface area (TPSA) is 68.0 Å². The monoisotopic (exact) mass is 406 g/mol. The van der Waals surface area contributed by atoms with Gasteiger partial charge in [-0.15, -0.1) is 0 Å². The van der Waals surface area contributed by atoms with Crippen LogP contribution >= 0.6 is 0 Å². The van der Waals surface area contributed by atoms with E-state index in [2.05, 4.69) is 29.4 Å². The molecule has 1 unspecified atom stereocenters. The third-order valence-electron chi connectivity index (χ3n) is 5.20. The average Bonchev–Trinajstić information content (AvgIpc) is 3.19. The molecule has 0 bridgehead atoms. The second kappa shape index (κ2) is 7.99. The molecule has 31 heavy (non-hydrogen) atoms. The SMILES string of the molecule is Cc1cccc(-c2nc3ccccn3c2-c2ccnc(NC(C)c3ccccc3)n2)n1. The molecule has 0 saturated carbocycles. The summed E-state index contributed by atoms with van der Waals surface area (Å²) in [5.74, 6) is 0.572. The standard InChI is InChI=1S/C25H22N6/c1-17-9-8-12-20(27-17)23-24(31-16-7-6-13-22(31)30-23)21-14-15-26-25(29-21)28-18(2)19-10-4-3-5-11-19/h3-16,18H,1-2H3,(H,26,28,29). The molecule has 4 aromatic heterocycles. The Morgan fingerprint density at radius 3 is 2.48 bits per heavy atom. The Balaban J connectivity index is 1.60. The van der Waals surface area contributed by atoms with Gasteiger partial charge < -0.3 is 5.32 Å². The lowest BCUT2D eigenvalue weighted by molar-refractivity contribution is 0.861. The lowest BCUT2D eigenvalue weighted by atomic mass is 10.1. The number of nitrogens with zero attached hydrogens (tertiary/aromatic N) is 5. The molecule has 6 heteroatoms. The second-order valence-electron chi connectivity index (χ2n) is 7.44. The van der Waals surface area contributed by atoms with Gasteiger partial charge in [0.15, 0.2) is 0 Å². The van der Waals surface area contributed by atoms with E-state index in [1.807, 2.05) is 78.2 Å². The van der Waals surface area contributed by atoms with Crippen molar-refractivity contribution in [2.24, 2.45) is 0 Å². The minimum Gasteiger partial charge on any atom is -0.348 e. The summed E-state index contributed by atoms with van der Waals surface area (Å²) in [6, 6.07) is 24.2. The third kappa shape index (κ3) is 3.75. The zero-order valence-corrected chi connectivity index (χ0v) is 17.4. The molecule has 5 rings (SSSR count). The van der Waals surface area contributed by atoms with Crippen LogP contribution in [0, 0.1) is 6.92 Å². The summed E-state index contributed by atoms with van der Waals surface area (Å²) in [7, 11) is 0. The summed E-state index contributed by atoms with van der Waals surface area (Å²) in [6.45, 7) is 4.08. The minimum atomic E-state index is 0.0801. The fraction of sp³-hybridized carbons (Fsp3) is 0.120. The summed E-state index contributed by atoms with van der Waals surface area (Å²) in [4.78, 5) is 18.8. The van der Waals surface area contributed by atoms with Crippen molar-refractivity contribution < 1.29 is 0 Å². The number of aryl methyl sites for hydroxylation is 1. The maximum atomic E-state index is 4.86. The van der Waals surface area contributed by atoms with Crippen molar-refractivity contribution in [1.82, 2.24) is 24.3 Å². The fourth-order valence-corrected chi connectivity index (χ4v) is 3.67. The van der Waals surface area contributed by atoms with Gasteiger partial charge in [0.25, 0.3) is 0 Å². The first-order valence-electron chi connectivity index (χ1n) is 10.2. The highest BCUT2D eigenvalue weighted by Gasteiger charge is 2.19. The van der Waals surface area contributed by atoms with Crippen molar-refractivity contribution in [3.8, 4) is 22.8 Å². The largest absolute Gasteiger partial charge is 0.348 e. The van der Waals surface area contributed by atoms with Crippen LogP contribution < -0.4 is 5.32 Å². The van der Waals surface area contributed by atoms with E-state index in [9.17, 15) is 0 Å². The van der Waals surface area contributed by atoms with Crippen molar-refractivity contribution in [1.29, 1.82) is 0 Å². The number of pyridine rings is 2. The van der Waals surface area contributed by atoms with Gasteiger partial charge in [0.1, 0.15) is 17.0 Å². The van der Waals surface area contributed by atoms with E-state index in [-0.39, 0.29) is 6.04 Å². The van der Waals surface area contributed by atoms with Gasteiger partial charge >= 0.3 is 0 Å². The molecule has 1 atom stereocenters. The van der Waals surface area contributed by atoms with Crippen molar-refractivity contribution in [2.45, 2.75) is 19.9 Å². The Bertz CT molecular complexity index is 1340. The Labute approximate surface area is 180 Å². The second-order valence-corrected chi connectivity index (χ2v) is 7.44. The molecule has 0 aliphatic rings. The molecule has 0 spiro atoms. The van der Waals surface area contributed by atoms with E-state index < -0.39 is 0 Å². The Morgan fingerprint density at radius 2 is 1.65 bits per heavy atom. The summed E-state index contributed by atoms with van der Waals surface area (Å²) in [5, 5.41) is 3.41. The van der Waals surface area contributed by atoms with Crippen LogP contribution in [0.3, 0.4) is 0 Å². The molecule has 0 radical (unpaired) electrons. The van der Waals surface area contributed by atoms with E-state index in [1.54, 1.807) is 6.20 Å². The maximum absolute atomic E-state index is 4.86. The predicted molar refractivity (Wildman–Crippen MR) is 123 cm³/mol. The van der Waals surface area contributed by atoms with Crippen LogP contribution in [0.25, 0.3) is 28.4 Å². The minimum absolute atomic E-state index is 0.0801. The summed E-state index contributed by atoms with van der Waals surface area (Å²) in [5.41, 5.74) is 6.28. The average molecular weight is 406 g/mol. The Hall–Kier alpha value is -4.06. The number of hydrogen-bond donors (Lipinski definition) is 1. The van der Waals surface area contributed by atoms with E-state index in [4.69, 9.17) is 15.0 Å². The van der Waals surface area contributed by atoms with Crippen molar-refractivity contribution in [2.75, 3.05) is 5.32 Å². The molecule has 1 aromatic carbocycles. The highest BCUT2D eigenvalue weighted by atomic mass is 15.1. The van der Waals surface area contributed by atoms with Crippen molar-refractivity contribution in [3.63, 3.8) is 0 Å². The van der Waals surface area contributed by atoms with Crippen LogP contribution in [0.2, 0.25) is 0 Å². The number of imidazole rings is 1. The number of rotatable bonds is 5. The fourth-order valence-electron chi connectivity index (χ4n) is 3.67. The number of fused-ring (bicyclic) bond motifs is 1. The molecule has 0 aliphatic heterocycles. The van der Waals surface area contributed by atoms with Crippen LogP contribution in [0.1, 0.15) is 24.2 Å². The van der Waals surface area contributed by atoms with Gasteiger partial charge in [-0.2, -0.15) is 0 Å². The molecular weight excluding hydrogens is 384 g/mol. The summed E-state index contributed by atoms with van der Waals surface area (Å²) < 4.78 is 2.05. The third-order valence-corrected chi connectivity index (χ3v) is 5.20. The number of aromatic nitrogens is 5. The predicted octanol–water partition coefficient (Wildman–Crippen LogP) is 5.33. The smallest absolute Gasteiger partial charge is 0.223 e. The number of nitrogens with one attached hydrogen (secondary N) is 1. The molecule has 0 amide bonds. The highest BCUT2D eigenvalue weighted by Crippen LogP contribution is 2.31. The summed E-state index contributed by atoms with van der Waals surface area (Å²) >= 11 is 0. The van der Waals surface area contributed by atoms with E-state index in [0.717, 1.165) is 34.1 Å². The van der Waals surface area contributed by atoms with Crippen molar-refractivity contribution >= 4 is 11.6 Å². The molecule has 152 valence electrons. The molecule has 0 aliphatic carbocycles. The zero-order valence-electron chi connectivity index (χ0n) is 17.4. The van der Waals surface area contributed by atoms with Crippen molar-refractivity contribution in [3.05, 3.63) is 96.4 Å². The summed E-state index contributed by atoms with van der Waals surface area (Å²) in [6.07, 6.45) is 3.77. The lowest BCUT2D eigenvalue weighted by Crippen LogP contribution is -2.09. The number of anilines is 1. The Morgan fingerprint density at radius 1 is 0.806 bits per heavy atom. The van der Waals surface area contributed by atoms with Gasteiger partial charge in [0.05, 0.1) is 17.4 Å². The van der Waals surface area contributed by atoms with Crippen LogP contribution in [0.15, 0.2) is 85.2 Å². The van der Waals surface area contributed by atoms with Crippen LogP contribution in [-0.4, -0.2) is 24.3 Å². The van der Waals surface area contributed by atoms with Gasteiger partial charge in [0, 0.05) is 18.1 Å². The molecule has 6 nitrogen and oxygen atoms in total. The van der Waals surface area contributed by atoms with Gasteiger partial charge in [-0.05, 0) is 49.7 Å². The van der Waals surface area contributed by atoms with E-state index >= 15 is 0 Å². The van der Waals surface area contributed by atoms with Crippen LogP contribution in [0.4, 0.5) is 5.95 Å². The molecule has 1 N–H and O–H groups in total. The maximum Gasteiger partial charge on any atom is 0.223 e. The lowest BCUT2D eigenvalue weighted by Gasteiger charge is -2.14. The van der Waals surface area contributed by atoms with Crippen LogP contribution in [0.5, 0.6) is 0 Å². The molecule has 4 heterocycles. The van der Waals surface area contributed by atoms with Gasteiger partial charge in [-0.25, -0.2) is 15.0 Å². The van der Waals surface area contributed by atoms with Gasteiger partial charge in [0.2, 0.25) is 5.95 Å². The molecule has 0 fully saturated rings. The highest BCUT2D eigenvalue weighted by molar-refractivity contribution is 5.79. The van der Waals surface area contributed by atoms with E-state index in [1.165, 1.54) is 5.56 Å². The number of hydrogen-bond acceptors (Lipinski definition) is 5. The first-order chi connectivity index (χ1) is 15.2. The zero-order chi connectivity index (χ0) is 21.2. The molecule has 0 saturated heterocycles. The van der Waals surface area contributed by atoms with Gasteiger partial charge in [-0.1, -0.05) is 42.5 Å². The normalized spacial score (nSPS) is 12.1. The first kappa shape index (κ1) is 18.9. The first-order valence-corrected chi connectivity index (χ1v) is 10.2. The quantitative estimate of drug-likeness (QED) is 0.427. The van der Waals surface area contributed by atoms with Gasteiger partial charge in [-0.3, -0.25) is 9.38 Å². The molecule has 5 aromatic rings. The Kier molecular flexibility index (Phi) is 4.88.